The van der Waals surface area contributed by atoms with E-state index in [1.54, 1.807) is 0 Å². The fraction of sp³-hybridized carbons (Fsp3) is 1.00. The Balaban J connectivity index is 0. The van der Waals surface area contributed by atoms with Crippen molar-refractivity contribution in [3.8, 4) is 0 Å². The third-order valence-corrected chi connectivity index (χ3v) is 0. The van der Waals surface area contributed by atoms with Crippen LogP contribution in [0.2, 0.25) is 0 Å². The number of hydrogen-bond acceptors (Lipinski definition) is 1. The highest BCUT2D eigenvalue weighted by molar-refractivity contribution is 4.00. The van der Waals surface area contributed by atoms with E-state index < -0.39 is 0 Å². The van der Waals surface area contributed by atoms with Gasteiger partial charge in [0.15, 0.2) is 0 Å². The molecule has 0 rings (SSSR count). The fourth-order valence-electron chi connectivity index (χ4n) is 0. The van der Waals surface area contributed by atoms with E-state index in [-0.39, 0.29) is 7.43 Å². The van der Waals surface area contributed by atoms with Crippen molar-refractivity contribution in [3.63, 3.8) is 0 Å². The quantitative estimate of drug-likeness (QED) is 0.436. The van der Waals surface area contributed by atoms with Gasteiger partial charge in [0.25, 0.3) is 0 Å². The Bertz CT molecular complexity index is 3.25. The van der Waals surface area contributed by atoms with Gasteiger partial charge in [-0.15, -0.1) is 0 Å². The molecule has 0 aliphatic heterocycles. The molecule has 28 valence electrons. The van der Waals surface area contributed by atoms with E-state index in [2.05, 4.69) is 0 Å². The molecule has 0 unspecified atom stereocenters. The lowest BCUT2D eigenvalue weighted by Gasteiger charge is -1.53. The molecule has 0 aromatic carbocycles. The van der Waals surface area contributed by atoms with Crippen LogP contribution in [0.3, 0.4) is 0 Å². The molecule has 0 saturated heterocycles. The van der Waals surface area contributed by atoms with Crippen LogP contribution in [0, 0.1) is 0 Å². The molecular weight excluding hydrogens is 50.0 g/mol. The first-order valence-corrected chi connectivity index (χ1v) is 1.12. The van der Waals surface area contributed by atoms with E-state index in [0.717, 1.165) is 6.54 Å². The van der Waals surface area contributed by atoms with Gasteiger partial charge < -0.3 is 5.73 Å². The first-order valence-electron chi connectivity index (χ1n) is 1.12. The summed E-state index contributed by atoms with van der Waals surface area (Å²) in [6, 6.07) is 0. The Hall–Kier alpha value is -0.0400. The summed E-state index contributed by atoms with van der Waals surface area (Å²) < 4.78 is 0. The molecule has 0 fully saturated rings. The van der Waals surface area contributed by atoms with Gasteiger partial charge in [0.05, 0.1) is 0 Å². The molecule has 0 radical (unpaired) electrons. The van der Waals surface area contributed by atoms with Crippen molar-refractivity contribution in [2.75, 3.05) is 6.54 Å². The van der Waals surface area contributed by atoms with Crippen LogP contribution < -0.4 is 5.73 Å². The zero-order chi connectivity index (χ0) is 2.71. The van der Waals surface area contributed by atoms with Crippen molar-refractivity contribution in [3.05, 3.63) is 0 Å². The molecule has 0 amide bonds. The minimum absolute atomic E-state index is 0. The first-order chi connectivity index (χ1) is 1.41. The third-order valence-electron chi connectivity index (χ3n) is 0. The summed E-state index contributed by atoms with van der Waals surface area (Å²) in [4.78, 5) is 0. The van der Waals surface area contributed by atoms with E-state index in [1.807, 2.05) is 6.92 Å². The van der Waals surface area contributed by atoms with Crippen molar-refractivity contribution in [1.82, 2.24) is 0 Å². The minimum atomic E-state index is 0. The number of nitrogens with two attached hydrogens (primary N) is 1. The highest BCUT2D eigenvalue weighted by atomic mass is 14.5. The third kappa shape index (κ3) is 1130. The highest BCUT2D eigenvalue weighted by Crippen LogP contribution is 1.20. The van der Waals surface area contributed by atoms with Crippen molar-refractivity contribution in [2.45, 2.75) is 14.4 Å². The van der Waals surface area contributed by atoms with Gasteiger partial charge in [-0.2, -0.15) is 0 Å². The molecule has 0 atom stereocenters. The molecule has 0 bridgehead atoms. The molecule has 0 aromatic rings. The molecule has 2 N–H and O–H groups in total. The van der Waals surface area contributed by atoms with Gasteiger partial charge in [0.2, 0.25) is 0 Å². The zero-order valence-corrected chi connectivity index (χ0v) is 2.28. The SMILES string of the molecule is C.CCN. The summed E-state index contributed by atoms with van der Waals surface area (Å²) in [6.45, 7) is 2.65. The second-order valence-corrected chi connectivity index (χ2v) is 0.408. The van der Waals surface area contributed by atoms with Crippen LogP contribution in [0.1, 0.15) is 14.4 Å². The van der Waals surface area contributed by atoms with Crippen molar-refractivity contribution in [2.24, 2.45) is 5.73 Å². The monoisotopic (exact) mass is 61.1 g/mol. The average Bonchev–Trinajstić information content (AvgIpc) is 0.918. The van der Waals surface area contributed by atoms with Gasteiger partial charge in [-0.1, -0.05) is 14.4 Å². The largest absolute Gasteiger partial charge is 0.331 e. The molecule has 0 aliphatic carbocycles. The summed E-state index contributed by atoms with van der Waals surface area (Å²) in [6.07, 6.45) is 0. The van der Waals surface area contributed by atoms with Gasteiger partial charge in [-0.3, -0.25) is 0 Å². The van der Waals surface area contributed by atoms with Crippen molar-refractivity contribution >= 4 is 0 Å². The fourth-order valence-corrected chi connectivity index (χ4v) is 0. The Labute approximate surface area is 27.8 Å². The standard InChI is InChI=1S/C2H7N.CH4/c1-2-3;/h2-3H2,1H3;1H4. The maximum atomic E-state index is 4.85. The van der Waals surface area contributed by atoms with E-state index in [4.69, 9.17) is 5.73 Å². The Kier molecular flexibility index (Phi) is 27.9. The van der Waals surface area contributed by atoms with Gasteiger partial charge in [-0.05, 0) is 6.54 Å². The zero-order valence-electron chi connectivity index (χ0n) is 2.28. The molecule has 1 heteroatoms. The smallest absolute Gasteiger partial charge is 0.0106 e. The molecule has 0 aliphatic rings. The molecule has 0 spiro atoms. The first kappa shape index (κ1) is 9.03. The van der Waals surface area contributed by atoms with Crippen LogP contribution in [-0.4, -0.2) is 6.54 Å². The number of hydrogen-bond donors (Lipinski definition) is 1. The maximum absolute atomic E-state index is 4.85. The second-order valence-electron chi connectivity index (χ2n) is 0.408. The van der Waals surface area contributed by atoms with Crippen LogP contribution in [0.25, 0.3) is 0 Å². The van der Waals surface area contributed by atoms with Crippen molar-refractivity contribution < 1.29 is 0 Å². The van der Waals surface area contributed by atoms with Gasteiger partial charge in [0, 0.05) is 0 Å². The molecular formula is C3H11N. The molecule has 0 aromatic heterocycles. The van der Waals surface area contributed by atoms with Crippen molar-refractivity contribution in [1.29, 1.82) is 0 Å². The molecule has 4 heavy (non-hydrogen) atoms. The van der Waals surface area contributed by atoms with Crippen LogP contribution >= 0.6 is 0 Å². The molecule has 1 nitrogen and oxygen atoms in total. The maximum Gasteiger partial charge on any atom is -0.0106 e. The predicted octanol–water partition coefficient (Wildman–Crippen LogP) is 0.601. The topological polar surface area (TPSA) is 26.0 Å². The normalized spacial score (nSPS) is 4.50. The van der Waals surface area contributed by atoms with Crippen LogP contribution in [0.15, 0.2) is 0 Å². The predicted molar refractivity (Wildman–Crippen MR) is 21.5 cm³/mol. The lowest BCUT2D eigenvalue weighted by atomic mass is 10.8. The van der Waals surface area contributed by atoms with E-state index >= 15 is 0 Å². The minimum Gasteiger partial charge on any atom is -0.331 e. The highest BCUT2D eigenvalue weighted by Gasteiger charge is 1.32. The summed E-state index contributed by atoms with van der Waals surface area (Å²) in [7, 11) is 0. The van der Waals surface area contributed by atoms with Crippen LogP contribution in [-0.2, 0) is 0 Å². The second kappa shape index (κ2) is 12.3. The summed E-state index contributed by atoms with van der Waals surface area (Å²) >= 11 is 0. The Morgan fingerprint density at radius 1 is 1.75 bits per heavy atom. The number of rotatable bonds is 0. The summed E-state index contributed by atoms with van der Waals surface area (Å²) in [5.41, 5.74) is 4.85. The molecule has 0 saturated carbocycles. The molecule has 0 heterocycles. The van der Waals surface area contributed by atoms with Gasteiger partial charge in [0.1, 0.15) is 0 Å². The average molecular weight is 61.1 g/mol. The van der Waals surface area contributed by atoms with Gasteiger partial charge in [-0.25, -0.2) is 0 Å². The van der Waals surface area contributed by atoms with E-state index in [1.165, 1.54) is 0 Å². The summed E-state index contributed by atoms with van der Waals surface area (Å²) in [5, 5.41) is 0. The van der Waals surface area contributed by atoms with Crippen LogP contribution in [0.4, 0.5) is 0 Å². The summed E-state index contributed by atoms with van der Waals surface area (Å²) in [5.74, 6) is 0. The van der Waals surface area contributed by atoms with E-state index in [0.29, 0.717) is 0 Å². The van der Waals surface area contributed by atoms with E-state index in [9.17, 15) is 0 Å². The lowest BCUT2D eigenvalue weighted by Crippen LogP contribution is -1.87. The Morgan fingerprint density at radius 2 is 1.75 bits per heavy atom. The lowest BCUT2D eigenvalue weighted by molar-refractivity contribution is 1.14. The van der Waals surface area contributed by atoms with Gasteiger partial charge >= 0.3 is 0 Å². The van der Waals surface area contributed by atoms with Crippen LogP contribution in [0.5, 0.6) is 0 Å². The Morgan fingerprint density at radius 3 is 1.75 bits per heavy atom.